The van der Waals surface area contributed by atoms with Crippen molar-refractivity contribution in [3.63, 3.8) is 0 Å². The van der Waals surface area contributed by atoms with Crippen LogP contribution in [0.25, 0.3) is 11.4 Å². The molecule has 0 atom stereocenters. The van der Waals surface area contributed by atoms with Crippen LogP contribution < -0.4 is 0 Å². The van der Waals surface area contributed by atoms with Gasteiger partial charge in [-0.1, -0.05) is 6.07 Å². The van der Waals surface area contributed by atoms with E-state index in [1.165, 1.54) is 12.7 Å². The molecule has 1 aromatic heterocycles. The molecule has 5 heteroatoms. The van der Waals surface area contributed by atoms with Crippen molar-refractivity contribution in [3.05, 3.63) is 35.2 Å². The Morgan fingerprint density at radius 1 is 1.44 bits per heavy atom. The van der Waals surface area contributed by atoms with Gasteiger partial charge in [-0.2, -0.15) is 5.10 Å². The molecule has 18 heavy (non-hydrogen) atoms. The van der Waals surface area contributed by atoms with Crippen molar-refractivity contribution in [2.45, 2.75) is 19.9 Å². The highest BCUT2D eigenvalue weighted by atomic mass is 16.5. The third-order valence-corrected chi connectivity index (χ3v) is 3.39. The summed E-state index contributed by atoms with van der Waals surface area (Å²) < 4.78 is 6.67. The Kier molecular flexibility index (Phi) is 2.40. The van der Waals surface area contributed by atoms with Crippen molar-refractivity contribution in [2.75, 3.05) is 7.11 Å². The quantitative estimate of drug-likeness (QED) is 0.714. The molecule has 1 aromatic carbocycles. The van der Waals surface area contributed by atoms with Crippen LogP contribution >= 0.6 is 0 Å². The molecule has 2 heterocycles. The maximum absolute atomic E-state index is 11.7. The SMILES string of the molecule is COC(=O)c1ccc2c(c1C)-c1ncnn1CC2. The number of carbonyl (C=O) groups is 1. The third kappa shape index (κ3) is 1.44. The van der Waals surface area contributed by atoms with Crippen molar-refractivity contribution in [1.82, 2.24) is 14.8 Å². The molecular formula is C13H13N3O2. The Morgan fingerprint density at radius 3 is 3.06 bits per heavy atom. The highest BCUT2D eigenvalue weighted by molar-refractivity contribution is 5.93. The van der Waals surface area contributed by atoms with Gasteiger partial charge in [-0.3, -0.25) is 0 Å². The van der Waals surface area contributed by atoms with Gasteiger partial charge in [0.2, 0.25) is 0 Å². The average molecular weight is 243 g/mol. The summed E-state index contributed by atoms with van der Waals surface area (Å²) in [6.45, 7) is 2.76. The van der Waals surface area contributed by atoms with Crippen molar-refractivity contribution in [2.24, 2.45) is 0 Å². The van der Waals surface area contributed by atoms with Gasteiger partial charge in [0.1, 0.15) is 6.33 Å². The largest absolute Gasteiger partial charge is 0.465 e. The predicted molar refractivity (Wildman–Crippen MR) is 65.2 cm³/mol. The van der Waals surface area contributed by atoms with Crippen molar-refractivity contribution < 1.29 is 9.53 Å². The van der Waals surface area contributed by atoms with Crippen LogP contribution in [0.2, 0.25) is 0 Å². The molecule has 1 aliphatic rings. The van der Waals surface area contributed by atoms with E-state index in [1.807, 2.05) is 23.7 Å². The summed E-state index contributed by atoms with van der Waals surface area (Å²) in [5, 5.41) is 4.18. The first-order chi connectivity index (χ1) is 8.72. The molecular weight excluding hydrogens is 230 g/mol. The van der Waals surface area contributed by atoms with Crippen LogP contribution in [-0.2, 0) is 17.7 Å². The van der Waals surface area contributed by atoms with Crippen molar-refractivity contribution in [1.29, 1.82) is 0 Å². The van der Waals surface area contributed by atoms with E-state index in [0.29, 0.717) is 5.56 Å². The van der Waals surface area contributed by atoms with E-state index in [0.717, 1.165) is 29.9 Å². The number of benzene rings is 1. The first-order valence-corrected chi connectivity index (χ1v) is 5.81. The summed E-state index contributed by atoms with van der Waals surface area (Å²) in [6.07, 6.45) is 2.46. The molecule has 0 unspecified atom stereocenters. The van der Waals surface area contributed by atoms with Crippen molar-refractivity contribution >= 4 is 5.97 Å². The number of aryl methyl sites for hydroxylation is 2. The van der Waals surface area contributed by atoms with Gasteiger partial charge >= 0.3 is 5.97 Å². The van der Waals surface area contributed by atoms with E-state index in [9.17, 15) is 4.79 Å². The Bertz CT molecular complexity index is 631. The molecule has 0 bridgehead atoms. The van der Waals surface area contributed by atoms with E-state index >= 15 is 0 Å². The Morgan fingerprint density at radius 2 is 2.28 bits per heavy atom. The number of methoxy groups -OCH3 is 1. The molecule has 0 aliphatic carbocycles. The van der Waals surface area contributed by atoms with Gasteiger partial charge in [0.15, 0.2) is 5.82 Å². The van der Waals surface area contributed by atoms with Gasteiger partial charge < -0.3 is 4.74 Å². The Balaban J connectivity index is 2.24. The number of hydrogen-bond acceptors (Lipinski definition) is 4. The molecule has 0 spiro atoms. The lowest BCUT2D eigenvalue weighted by molar-refractivity contribution is 0.0600. The number of rotatable bonds is 1. The molecule has 1 aliphatic heterocycles. The van der Waals surface area contributed by atoms with Gasteiger partial charge in [0.05, 0.1) is 12.7 Å². The average Bonchev–Trinajstić information content (AvgIpc) is 2.86. The summed E-state index contributed by atoms with van der Waals surface area (Å²) in [7, 11) is 1.39. The van der Waals surface area contributed by atoms with Crippen LogP contribution in [0.3, 0.4) is 0 Å². The number of nitrogens with zero attached hydrogens (tertiary/aromatic N) is 3. The lowest BCUT2D eigenvalue weighted by Gasteiger charge is -2.20. The summed E-state index contributed by atoms with van der Waals surface area (Å²) in [4.78, 5) is 16.0. The van der Waals surface area contributed by atoms with Crippen LogP contribution in [-0.4, -0.2) is 27.8 Å². The molecule has 3 rings (SSSR count). The van der Waals surface area contributed by atoms with Crippen LogP contribution in [0.5, 0.6) is 0 Å². The van der Waals surface area contributed by atoms with Crippen LogP contribution in [0.1, 0.15) is 21.5 Å². The maximum Gasteiger partial charge on any atom is 0.338 e. The second-order valence-corrected chi connectivity index (χ2v) is 4.32. The minimum Gasteiger partial charge on any atom is -0.465 e. The van der Waals surface area contributed by atoms with Gasteiger partial charge in [0, 0.05) is 12.1 Å². The fourth-order valence-corrected chi connectivity index (χ4v) is 2.47. The smallest absolute Gasteiger partial charge is 0.338 e. The number of carbonyl (C=O) groups excluding carboxylic acids is 1. The van der Waals surface area contributed by atoms with E-state index in [4.69, 9.17) is 4.74 Å². The Hall–Kier alpha value is -2.17. The number of hydrogen-bond donors (Lipinski definition) is 0. The molecule has 92 valence electrons. The first-order valence-electron chi connectivity index (χ1n) is 5.81. The summed E-state index contributed by atoms with van der Waals surface area (Å²) in [5.41, 5.74) is 3.73. The molecule has 0 amide bonds. The number of fused-ring (bicyclic) bond motifs is 3. The number of ether oxygens (including phenoxy) is 1. The van der Waals surface area contributed by atoms with E-state index in [-0.39, 0.29) is 5.97 Å². The predicted octanol–water partition coefficient (Wildman–Crippen LogP) is 1.60. The minimum atomic E-state index is -0.313. The highest BCUT2D eigenvalue weighted by Crippen LogP contribution is 2.32. The lowest BCUT2D eigenvalue weighted by Crippen LogP contribution is -2.15. The monoisotopic (exact) mass is 243 g/mol. The fourth-order valence-electron chi connectivity index (χ4n) is 2.47. The first kappa shape index (κ1) is 11.0. The summed E-state index contributed by atoms with van der Waals surface area (Å²) in [5.74, 6) is 0.520. The summed E-state index contributed by atoms with van der Waals surface area (Å²) >= 11 is 0. The zero-order valence-electron chi connectivity index (χ0n) is 10.3. The lowest BCUT2D eigenvalue weighted by atomic mass is 9.93. The molecule has 0 saturated carbocycles. The molecule has 2 aromatic rings. The second kappa shape index (κ2) is 3.94. The Labute approximate surface area is 104 Å². The highest BCUT2D eigenvalue weighted by Gasteiger charge is 2.23. The summed E-state index contributed by atoms with van der Waals surface area (Å²) in [6, 6.07) is 3.80. The van der Waals surface area contributed by atoms with Gasteiger partial charge in [0.25, 0.3) is 0 Å². The van der Waals surface area contributed by atoms with Gasteiger partial charge in [-0.15, -0.1) is 0 Å². The number of aromatic nitrogens is 3. The normalized spacial score (nSPS) is 12.8. The molecule has 0 fully saturated rings. The minimum absolute atomic E-state index is 0.313. The second-order valence-electron chi connectivity index (χ2n) is 4.32. The standard InChI is InChI=1S/C13H13N3O2/c1-8-10(13(17)18-2)4-3-9-5-6-16-12(11(8)9)14-7-15-16/h3-4,7H,5-6H2,1-2H3. The molecule has 0 saturated heterocycles. The fraction of sp³-hybridized carbons (Fsp3) is 0.308. The van der Waals surface area contributed by atoms with Crippen LogP contribution in [0.15, 0.2) is 18.5 Å². The van der Waals surface area contributed by atoms with E-state index < -0.39 is 0 Å². The molecule has 0 N–H and O–H groups in total. The van der Waals surface area contributed by atoms with Gasteiger partial charge in [-0.05, 0) is 30.5 Å². The van der Waals surface area contributed by atoms with Crippen LogP contribution in [0.4, 0.5) is 0 Å². The van der Waals surface area contributed by atoms with E-state index in [1.54, 1.807) is 6.33 Å². The molecule has 0 radical (unpaired) electrons. The van der Waals surface area contributed by atoms with Crippen LogP contribution in [0, 0.1) is 6.92 Å². The van der Waals surface area contributed by atoms with Crippen molar-refractivity contribution in [3.8, 4) is 11.4 Å². The van der Waals surface area contributed by atoms with E-state index in [2.05, 4.69) is 10.1 Å². The zero-order valence-corrected chi connectivity index (χ0v) is 10.3. The molecule has 5 nitrogen and oxygen atoms in total. The van der Waals surface area contributed by atoms with Gasteiger partial charge in [-0.25, -0.2) is 14.5 Å². The zero-order chi connectivity index (χ0) is 12.7. The maximum atomic E-state index is 11.7. The third-order valence-electron chi connectivity index (χ3n) is 3.39. The topological polar surface area (TPSA) is 57.0 Å². The number of esters is 1.